The Morgan fingerprint density at radius 3 is 2.96 bits per heavy atom. The number of methoxy groups -OCH3 is 1. The first kappa shape index (κ1) is 15.9. The number of ether oxygens (including phenoxy) is 1. The molecule has 0 saturated carbocycles. The van der Waals surface area contributed by atoms with E-state index >= 15 is 0 Å². The molecule has 23 heavy (non-hydrogen) atoms. The number of nitrogens with zero attached hydrogens (tertiary/aromatic N) is 1. The van der Waals surface area contributed by atoms with Gasteiger partial charge in [-0.3, -0.25) is 4.79 Å². The zero-order valence-electron chi connectivity index (χ0n) is 12.8. The van der Waals surface area contributed by atoms with E-state index in [0.717, 1.165) is 40.9 Å². The van der Waals surface area contributed by atoms with Gasteiger partial charge in [-0.05, 0) is 38.3 Å². The molecule has 4 nitrogen and oxygen atoms in total. The maximum Gasteiger partial charge on any atom is 0.258 e. The number of aromatic nitrogens is 1. The van der Waals surface area contributed by atoms with Crippen molar-refractivity contribution in [3.8, 4) is 5.75 Å². The van der Waals surface area contributed by atoms with Gasteiger partial charge >= 0.3 is 0 Å². The smallest absolute Gasteiger partial charge is 0.258 e. The minimum absolute atomic E-state index is 0.00638. The molecule has 1 aliphatic rings. The van der Waals surface area contributed by atoms with Crippen LogP contribution in [0.4, 0.5) is 8.78 Å². The molecule has 0 spiro atoms. The number of halogens is 2. The van der Waals surface area contributed by atoms with Gasteiger partial charge in [0.15, 0.2) is 11.6 Å². The van der Waals surface area contributed by atoms with E-state index in [1.54, 1.807) is 11.3 Å². The fraction of sp³-hybridized carbons (Fsp3) is 0.375. The summed E-state index contributed by atoms with van der Waals surface area (Å²) in [5.41, 5.74) is 0.425. The molecule has 0 aliphatic heterocycles. The number of thiazole rings is 1. The van der Waals surface area contributed by atoms with Crippen molar-refractivity contribution in [1.82, 2.24) is 10.3 Å². The maximum absolute atomic E-state index is 14.0. The molecule has 1 amide bonds. The van der Waals surface area contributed by atoms with E-state index in [2.05, 4.69) is 10.3 Å². The number of rotatable bonds is 3. The third-order valence-corrected chi connectivity index (χ3v) is 4.92. The topological polar surface area (TPSA) is 51.2 Å². The maximum atomic E-state index is 14.0. The molecule has 1 aromatic heterocycles. The lowest BCUT2D eigenvalue weighted by Crippen LogP contribution is -2.32. The molecular weight excluding hydrogens is 322 g/mol. The van der Waals surface area contributed by atoms with Crippen LogP contribution in [0.15, 0.2) is 12.1 Å². The summed E-state index contributed by atoms with van der Waals surface area (Å²) in [6.45, 7) is 1.91. The van der Waals surface area contributed by atoms with Crippen LogP contribution in [0.25, 0.3) is 0 Å². The third kappa shape index (κ3) is 2.93. The van der Waals surface area contributed by atoms with Gasteiger partial charge in [-0.15, -0.1) is 11.3 Å². The second kappa shape index (κ2) is 6.23. The van der Waals surface area contributed by atoms with Crippen LogP contribution in [-0.4, -0.2) is 18.0 Å². The van der Waals surface area contributed by atoms with Crippen molar-refractivity contribution >= 4 is 17.2 Å². The summed E-state index contributed by atoms with van der Waals surface area (Å²) in [4.78, 5) is 18.1. The molecule has 1 unspecified atom stereocenters. The van der Waals surface area contributed by atoms with Gasteiger partial charge in [0.1, 0.15) is 11.3 Å². The predicted octanol–water partition coefficient (Wildman–Crippen LogP) is 3.55. The van der Waals surface area contributed by atoms with E-state index in [1.165, 1.54) is 13.2 Å². The monoisotopic (exact) mass is 338 g/mol. The van der Waals surface area contributed by atoms with Gasteiger partial charge in [0.2, 0.25) is 0 Å². The van der Waals surface area contributed by atoms with E-state index in [-0.39, 0.29) is 11.8 Å². The molecule has 7 heteroatoms. The normalized spacial score (nSPS) is 16.8. The van der Waals surface area contributed by atoms with Gasteiger partial charge in [0, 0.05) is 4.88 Å². The molecule has 1 atom stereocenters. The summed E-state index contributed by atoms with van der Waals surface area (Å²) in [7, 11) is 1.31. The average molecular weight is 338 g/mol. The van der Waals surface area contributed by atoms with E-state index < -0.39 is 23.1 Å². The van der Waals surface area contributed by atoms with E-state index in [1.807, 2.05) is 6.92 Å². The van der Waals surface area contributed by atoms with Gasteiger partial charge in [0.05, 0.1) is 23.9 Å². The highest BCUT2D eigenvalue weighted by Crippen LogP contribution is 2.34. The Balaban J connectivity index is 1.90. The lowest BCUT2D eigenvalue weighted by Gasteiger charge is -2.23. The first-order valence-corrected chi connectivity index (χ1v) is 8.12. The zero-order chi connectivity index (χ0) is 16.6. The number of hydrogen-bond donors (Lipinski definition) is 1. The highest BCUT2D eigenvalue weighted by atomic mass is 32.1. The number of amides is 1. The Kier molecular flexibility index (Phi) is 4.30. The summed E-state index contributed by atoms with van der Waals surface area (Å²) < 4.78 is 32.5. The lowest BCUT2D eigenvalue weighted by atomic mass is 9.97. The minimum Gasteiger partial charge on any atom is -0.496 e. The largest absolute Gasteiger partial charge is 0.496 e. The van der Waals surface area contributed by atoms with Gasteiger partial charge in [-0.25, -0.2) is 13.8 Å². The van der Waals surface area contributed by atoms with Crippen LogP contribution in [0.5, 0.6) is 5.75 Å². The first-order chi connectivity index (χ1) is 11.0. The number of fused-ring (bicyclic) bond motifs is 1. The SMILES string of the molecule is COc1ccc(F)c(F)c1C(=O)NC1CCCc2sc(C)nc21. The molecule has 2 aromatic rings. The molecule has 0 fully saturated rings. The highest BCUT2D eigenvalue weighted by molar-refractivity contribution is 7.11. The molecule has 1 aliphatic carbocycles. The minimum atomic E-state index is -1.20. The number of carbonyl (C=O) groups is 1. The van der Waals surface area contributed by atoms with Crippen LogP contribution in [0.1, 0.15) is 44.8 Å². The molecule has 122 valence electrons. The molecule has 1 N–H and O–H groups in total. The molecule has 1 heterocycles. The van der Waals surface area contributed by atoms with Crippen molar-refractivity contribution in [2.24, 2.45) is 0 Å². The van der Waals surface area contributed by atoms with Crippen molar-refractivity contribution in [2.75, 3.05) is 7.11 Å². The quantitative estimate of drug-likeness (QED) is 0.931. The standard InChI is InChI=1S/C16H16F2N2O2S/c1-8-19-15-10(4-3-5-12(15)23-8)20-16(21)13-11(22-2)7-6-9(17)14(13)18/h6-7,10H,3-5H2,1-2H3,(H,20,21). The second-order valence-electron chi connectivity index (χ2n) is 5.40. The van der Waals surface area contributed by atoms with Gasteiger partial charge in [0.25, 0.3) is 5.91 Å². The molecule has 3 rings (SSSR count). The second-order valence-corrected chi connectivity index (χ2v) is 6.69. The van der Waals surface area contributed by atoms with Crippen LogP contribution >= 0.6 is 11.3 Å². The number of benzene rings is 1. The Labute approximate surface area is 136 Å². The summed E-state index contributed by atoms with van der Waals surface area (Å²) in [5, 5.41) is 3.70. The highest BCUT2D eigenvalue weighted by Gasteiger charge is 2.28. The Hall–Kier alpha value is -2.02. The number of aryl methyl sites for hydroxylation is 2. The Bertz CT molecular complexity index is 761. The number of nitrogens with one attached hydrogen (secondary N) is 1. The Morgan fingerprint density at radius 2 is 2.22 bits per heavy atom. The number of carbonyl (C=O) groups excluding carboxylic acids is 1. The van der Waals surface area contributed by atoms with Crippen molar-refractivity contribution in [2.45, 2.75) is 32.2 Å². The van der Waals surface area contributed by atoms with Crippen molar-refractivity contribution in [1.29, 1.82) is 0 Å². The summed E-state index contributed by atoms with van der Waals surface area (Å²) in [5.74, 6) is -2.97. The van der Waals surface area contributed by atoms with E-state index in [9.17, 15) is 13.6 Å². The zero-order valence-corrected chi connectivity index (χ0v) is 13.6. The summed E-state index contributed by atoms with van der Waals surface area (Å²) in [6.07, 6.45) is 2.58. The Morgan fingerprint density at radius 1 is 1.43 bits per heavy atom. The fourth-order valence-electron chi connectivity index (χ4n) is 2.83. The average Bonchev–Trinajstić information content (AvgIpc) is 2.91. The molecule has 0 saturated heterocycles. The van der Waals surface area contributed by atoms with Gasteiger partial charge < -0.3 is 10.1 Å². The first-order valence-electron chi connectivity index (χ1n) is 7.30. The summed E-state index contributed by atoms with van der Waals surface area (Å²) >= 11 is 1.61. The van der Waals surface area contributed by atoms with Crippen LogP contribution in [-0.2, 0) is 6.42 Å². The summed E-state index contributed by atoms with van der Waals surface area (Å²) in [6, 6.07) is 1.89. The van der Waals surface area contributed by atoms with Crippen LogP contribution in [0.3, 0.4) is 0 Å². The lowest BCUT2D eigenvalue weighted by molar-refractivity contribution is 0.0923. The van der Waals surface area contributed by atoms with Crippen LogP contribution in [0.2, 0.25) is 0 Å². The molecule has 0 bridgehead atoms. The van der Waals surface area contributed by atoms with E-state index in [4.69, 9.17) is 4.74 Å². The van der Waals surface area contributed by atoms with E-state index in [0.29, 0.717) is 0 Å². The molecule has 0 radical (unpaired) electrons. The van der Waals surface area contributed by atoms with Crippen LogP contribution in [0, 0.1) is 18.6 Å². The van der Waals surface area contributed by atoms with Crippen LogP contribution < -0.4 is 10.1 Å². The molecular formula is C16H16F2N2O2S. The van der Waals surface area contributed by atoms with Crippen molar-refractivity contribution in [3.05, 3.63) is 44.9 Å². The predicted molar refractivity (Wildman–Crippen MR) is 82.9 cm³/mol. The van der Waals surface area contributed by atoms with Crippen molar-refractivity contribution in [3.63, 3.8) is 0 Å². The van der Waals surface area contributed by atoms with Gasteiger partial charge in [-0.1, -0.05) is 0 Å². The van der Waals surface area contributed by atoms with Crippen molar-refractivity contribution < 1.29 is 18.3 Å². The fourth-order valence-corrected chi connectivity index (χ4v) is 3.87. The third-order valence-electron chi connectivity index (χ3n) is 3.87. The molecule has 1 aromatic carbocycles. The number of hydrogen-bond acceptors (Lipinski definition) is 4. The van der Waals surface area contributed by atoms with Gasteiger partial charge in [-0.2, -0.15) is 0 Å².